The Balaban J connectivity index is 2.20. The molecule has 0 saturated carbocycles. The van der Waals surface area contributed by atoms with Crippen molar-refractivity contribution in [3.05, 3.63) is 40.8 Å². The zero-order valence-corrected chi connectivity index (χ0v) is 12.4. The number of aliphatic hydroxyl groups is 1. The maximum Gasteiger partial charge on any atom is 0.116 e. The second kappa shape index (κ2) is 6.99. The van der Waals surface area contributed by atoms with Gasteiger partial charge in [-0.05, 0) is 29.5 Å². The van der Waals surface area contributed by atoms with Crippen LogP contribution in [-0.2, 0) is 4.74 Å². The second-order valence-corrected chi connectivity index (χ2v) is 6.24. The fourth-order valence-electron chi connectivity index (χ4n) is 2.43. The first-order valence-corrected chi connectivity index (χ1v) is 7.57. The minimum absolute atomic E-state index is 0.0135. The smallest absolute Gasteiger partial charge is 0.116 e. The third-order valence-electron chi connectivity index (χ3n) is 3.90. The molecule has 2 unspecified atom stereocenters. The van der Waals surface area contributed by atoms with E-state index >= 15 is 0 Å². The Morgan fingerprint density at radius 2 is 2.00 bits per heavy atom. The van der Waals surface area contributed by atoms with E-state index in [2.05, 4.69) is 10.0 Å². The number of ether oxygens (including phenoxy) is 1. The highest BCUT2D eigenvalue weighted by atomic mass is 32.2. The van der Waals surface area contributed by atoms with Gasteiger partial charge in [0.15, 0.2) is 0 Å². The SMILES string of the molecule is CC1[C@@H](C)C(CO)O[C@@H](Sc2ccccc2)[C@@H]1N=[N+]=[N-]. The van der Waals surface area contributed by atoms with E-state index in [-0.39, 0.29) is 36.0 Å². The van der Waals surface area contributed by atoms with Crippen molar-refractivity contribution < 1.29 is 9.84 Å². The molecule has 0 aliphatic carbocycles. The number of rotatable bonds is 4. The molecule has 0 amide bonds. The molecule has 1 aliphatic heterocycles. The van der Waals surface area contributed by atoms with Gasteiger partial charge in [-0.25, -0.2) is 0 Å². The summed E-state index contributed by atoms with van der Waals surface area (Å²) in [6.45, 7) is 4.06. The van der Waals surface area contributed by atoms with Crippen LogP contribution in [0, 0.1) is 11.8 Å². The molecule has 5 atom stereocenters. The van der Waals surface area contributed by atoms with Crippen LogP contribution in [0.3, 0.4) is 0 Å². The van der Waals surface area contributed by atoms with Crippen LogP contribution < -0.4 is 0 Å². The Kier molecular flexibility index (Phi) is 5.31. The number of hydrogen-bond donors (Lipinski definition) is 1. The third kappa shape index (κ3) is 3.27. The van der Waals surface area contributed by atoms with E-state index in [1.54, 1.807) is 0 Å². The molecule has 0 bridgehead atoms. The molecular formula is C14H19N3O2S. The van der Waals surface area contributed by atoms with Crippen LogP contribution in [0.1, 0.15) is 13.8 Å². The highest BCUT2D eigenvalue weighted by Crippen LogP contribution is 2.39. The molecule has 0 spiro atoms. The third-order valence-corrected chi connectivity index (χ3v) is 5.07. The van der Waals surface area contributed by atoms with Crippen LogP contribution in [0.2, 0.25) is 0 Å². The summed E-state index contributed by atoms with van der Waals surface area (Å²) >= 11 is 1.54. The van der Waals surface area contributed by atoms with E-state index in [9.17, 15) is 5.11 Å². The summed E-state index contributed by atoms with van der Waals surface area (Å²) in [5.74, 6) is 0.320. The Bertz CT molecular complexity index is 479. The minimum atomic E-state index is -0.267. The van der Waals surface area contributed by atoms with Gasteiger partial charge in [-0.2, -0.15) is 0 Å². The summed E-state index contributed by atoms with van der Waals surface area (Å²) in [5.41, 5.74) is 8.51. The largest absolute Gasteiger partial charge is 0.394 e. The van der Waals surface area contributed by atoms with Crippen molar-refractivity contribution in [3.8, 4) is 0 Å². The average Bonchev–Trinajstić information content (AvgIpc) is 2.47. The Morgan fingerprint density at radius 3 is 2.60 bits per heavy atom. The van der Waals surface area contributed by atoms with Crippen LogP contribution in [0.4, 0.5) is 0 Å². The number of nitrogens with zero attached hydrogens (tertiary/aromatic N) is 3. The van der Waals surface area contributed by atoms with Gasteiger partial charge in [-0.1, -0.05) is 48.9 Å². The molecule has 20 heavy (non-hydrogen) atoms. The molecule has 0 aromatic heterocycles. The van der Waals surface area contributed by atoms with Crippen molar-refractivity contribution in [1.82, 2.24) is 0 Å². The van der Waals surface area contributed by atoms with Gasteiger partial charge in [-0.15, -0.1) is 0 Å². The summed E-state index contributed by atoms with van der Waals surface area (Å²) in [4.78, 5) is 4.02. The first-order chi connectivity index (χ1) is 9.67. The molecule has 1 aromatic carbocycles. The van der Waals surface area contributed by atoms with Gasteiger partial charge in [0.1, 0.15) is 5.44 Å². The number of aliphatic hydroxyl groups excluding tert-OH is 1. The predicted octanol–water partition coefficient (Wildman–Crippen LogP) is 3.45. The van der Waals surface area contributed by atoms with Gasteiger partial charge in [0.05, 0.1) is 18.8 Å². The molecule has 2 rings (SSSR count). The van der Waals surface area contributed by atoms with Gasteiger partial charge < -0.3 is 9.84 Å². The monoisotopic (exact) mass is 293 g/mol. The van der Waals surface area contributed by atoms with E-state index in [4.69, 9.17) is 10.3 Å². The topological polar surface area (TPSA) is 78.2 Å². The Hall–Kier alpha value is -1.20. The average molecular weight is 293 g/mol. The van der Waals surface area contributed by atoms with Gasteiger partial charge in [0.2, 0.25) is 0 Å². The maximum absolute atomic E-state index is 9.44. The molecule has 1 saturated heterocycles. The van der Waals surface area contributed by atoms with E-state index in [0.29, 0.717) is 0 Å². The zero-order chi connectivity index (χ0) is 14.5. The zero-order valence-electron chi connectivity index (χ0n) is 11.6. The molecule has 108 valence electrons. The lowest BCUT2D eigenvalue weighted by atomic mass is 9.83. The van der Waals surface area contributed by atoms with E-state index in [0.717, 1.165) is 4.90 Å². The van der Waals surface area contributed by atoms with Crippen molar-refractivity contribution in [1.29, 1.82) is 0 Å². The van der Waals surface area contributed by atoms with Gasteiger partial charge in [-0.3, -0.25) is 0 Å². The lowest BCUT2D eigenvalue weighted by Crippen LogP contribution is -2.48. The number of hydrogen-bond acceptors (Lipinski definition) is 4. The summed E-state index contributed by atoms with van der Waals surface area (Å²) in [5, 5.41) is 13.4. The second-order valence-electron chi connectivity index (χ2n) is 5.07. The first-order valence-electron chi connectivity index (χ1n) is 6.69. The highest BCUT2D eigenvalue weighted by molar-refractivity contribution is 7.99. The molecule has 1 aromatic rings. The lowest BCUT2D eigenvalue weighted by Gasteiger charge is -2.42. The molecule has 6 heteroatoms. The lowest BCUT2D eigenvalue weighted by molar-refractivity contribution is -0.0952. The van der Waals surface area contributed by atoms with Gasteiger partial charge >= 0.3 is 0 Å². The molecular weight excluding hydrogens is 274 g/mol. The summed E-state index contributed by atoms with van der Waals surface area (Å²) in [6.07, 6.45) is -0.212. The molecule has 1 N–H and O–H groups in total. The first kappa shape index (κ1) is 15.2. The van der Waals surface area contributed by atoms with Crippen LogP contribution in [0.25, 0.3) is 10.4 Å². The quantitative estimate of drug-likeness (QED) is 0.524. The number of thioether (sulfide) groups is 1. The van der Waals surface area contributed by atoms with Crippen LogP contribution >= 0.6 is 11.8 Å². The molecule has 1 heterocycles. The van der Waals surface area contributed by atoms with Gasteiger partial charge in [0.25, 0.3) is 0 Å². The van der Waals surface area contributed by atoms with Crippen molar-refractivity contribution in [3.63, 3.8) is 0 Å². The Labute approximate surface area is 123 Å². The molecule has 0 radical (unpaired) electrons. The van der Waals surface area contributed by atoms with Gasteiger partial charge in [0, 0.05) is 9.81 Å². The number of azide groups is 1. The molecule has 1 fully saturated rings. The van der Waals surface area contributed by atoms with Crippen LogP contribution in [-0.4, -0.2) is 29.3 Å². The minimum Gasteiger partial charge on any atom is -0.394 e. The maximum atomic E-state index is 9.44. The number of benzene rings is 1. The predicted molar refractivity (Wildman–Crippen MR) is 79.3 cm³/mol. The fourth-order valence-corrected chi connectivity index (χ4v) is 3.66. The Morgan fingerprint density at radius 1 is 1.30 bits per heavy atom. The summed E-state index contributed by atoms with van der Waals surface area (Å²) < 4.78 is 5.94. The van der Waals surface area contributed by atoms with Crippen molar-refractivity contribution in [2.75, 3.05) is 6.61 Å². The van der Waals surface area contributed by atoms with E-state index in [1.165, 1.54) is 11.8 Å². The normalized spacial score (nSPS) is 33.5. The van der Waals surface area contributed by atoms with E-state index in [1.807, 2.05) is 44.2 Å². The highest BCUT2D eigenvalue weighted by Gasteiger charge is 2.41. The van der Waals surface area contributed by atoms with Crippen LogP contribution in [0.5, 0.6) is 0 Å². The van der Waals surface area contributed by atoms with Crippen molar-refractivity contribution >= 4 is 11.8 Å². The summed E-state index contributed by atoms with van der Waals surface area (Å²) in [7, 11) is 0. The van der Waals surface area contributed by atoms with Crippen LogP contribution in [0.15, 0.2) is 40.3 Å². The van der Waals surface area contributed by atoms with Crippen molar-refractivity contribution in [2.45, 2.75) is 36.3 Å². The van der Waals surface area contributed by atoms with Crippen molar-refractivity contribution in [2.24, 2.45) is 17.0 Å². The summed E-state index contributed by atoms with van der Waals surface area (Å²) in [6, 6.07) is 9.64. The molecule has 5 nitrogen and oxygen atoms in total. The van der Waals surface area contributed by atoms with E-state index < -0.39 is 0 Å². The molecule has 1 aliphatic rings. The fraction of sp³-hybridized carbons (Fsp3) is 0.571. The standard InChI is InChI=1S/C14H19N3O2S/c1-9-10(2)13(16-17-15)14(19-12(9)8-18)20-11-6-4-3-5-7-11/h3-7,9-10,12-14,18H,8H2,1-2H3/t9-,10?,12?,13-,14+/m1/s1.